The Morgan fingerprint density at radius 2 is 2.27 bits per heavy atom. The van der Waals surface area contributed by atoms with E-state index >= 15 is 0 Å². The van der Waals surface area contributed by atoms with Crippen LogP contribution in [0.25, 0.3) is 10.4 Å². The van der Waals surface area contributed by atoms with Crippen LogP contribution in [0.2, 0.25) is 0 Å². The molecule has 0 aromatic heterocycles. The predicted molar refractivity (Wildman–Crippen MR) is 44.6 cm³/mol. The first-order chi connectivity index (χ1) is 5.06. The van der Waals surface area contributed by atoms with Crippen LogP contribution in [0.15, 0.2) is 5.11 Å². The second-order valence-corrected chi connectivity index (χ2v) is 2.71. The van der Waals surface area contributed by atoms with E-state index in [1.807, 2.05) is 14.1 Å². The maximum absolute atomic E-state index is 8.23. The van der Waals surface area contributed by atoms with Crippen molar-refractivity contribution in [3.63, 3.8) is 0 Å². The van der Waals surface area contributed by atoms with E-state index in [-0.39, 0.29) is 0 Å². The molecule has 0 fully saturated rings. The fourth-order valence-electron chi connectivity index (χ4n) is 0.603. The Morgan fingerprint density at radius 1 is 1.73 bits per heavy atom. The molecule has 0 heterocycles. The van der Waals surface area contributed by atoms with Crippen molar-refractivity contribution in [1.29, 1.82) is 5.41 Å². The first-order valence-corrected chi connectivity index (χ1v) is 3.29. The molecular formula is C6H13N5. The number of hydrogen-bond acceptors (Lipinski definition) is 3. The summed E-state index contributed by atoms with van der Waals surface area (Å²) in [6, 6.07) is 0. The molecule has 0 aliphatic carbocycles. The van der Waals surface area contributed by atoms with Gasteiger partial charge in [0, 0.05) is 11.3 Å². The van der Waals surface area contributed by atoms with Gasteiger partial charge in [-0.3, -0.25) is 4.90 Å². The highest BCUT2D eigenvalue weighted by Crippen LogP contribution is 2.16. The van der Waals surface area contributed by atoms with Crippen LogP contribution in [0.5, 0.6) is 0 Å². The zero-order chi connectivity index (χ0) is 8.91. The molecule has 0 amide bonds. The van der Waals surface area contributed by atoms with Crippen LogP contribution in [-0.2, 0) is 0 Å². The van der Waals surface area contributed by atoms with Gasteiger partial charge < -0.3 is 5.41 Å². The Bertz CT molecular complexity index is 181. The quantitative estimate of drug-likeness (QED) is 0.285. The summed E-state index contributed by atoms with van der Waals surface area (Å²) in [6.45, 7) is 1.79. The maximum Gasteiger partial charge on any atom is 0.102 e. The lowest BCUT2D eigenvalue weighted by Gasteiger charge is -2.29. The second kappa shape index (κ2) is 3.95. The summed E-state index contributed by atoms with van der Waals surface area (Å²) in [5.74, 6) is 0. The third-order valence-electron chi connectivity index (χ3n) is 1.71. The Morgan fingerprint density at radius 3 is 2.55 bits per heavy atom. The first-order valence-electron chi connectivity index (χ1n) is 3.29. The zero-order valence-electron chi connectivity index (χ0n) is 7.07. The lowest BCUT2D eigenvalue weighted by Crippen LogP contribution is -2.39. The van der Waals surface area contributed by atoms with Gasteiger partial charge in [0.15, 0.2) is 0 Å². The Balaban J connectivity index is 4.49. The molecule has 0 saturated heterocycles. The van der Waals surface area contributed by atoms with Crippen molar-refractivity contribution in [1.82, 2.24) is 4.90 Å². The third-order valence-corrected chi connectivity index (χ3v) is 1.71. The molecule has 11 heavy (non-hydrogen) atoms. The third kappa shape index (κ3) is 2.57. The van der Waals surface area contributed by atoms with Crippen molar-refractivity contribution < 1.29 is 0 Å². The van der Waals surface area contributed by atoms with Gasteiger partial charge in [-0.25, -0.2) is 0 Å². The van der Waals surface area contributed by atoms with Crippen molar-refractivity contribution in [2.45, 2.75) is 19.0 Å². The van der Waals surface area contributed by atoms with Crippen LogP contribution in [0.4, 0.5) is 0 Å². The van der Waals surface area contributed by atoms with Crippen LogP contribution < -0.4 is 0 Å². The van der Waals surface area contributed by atoms with Crippen molar-refractivity contribution in [3.8, 4) is 0 Å². The predicted octanol–water partition coefficient (Wildman–Crippen LogP) is 1.61. The molecule has 0 saturated carbocycles. The molecule has 5 heteroatoms. The smallest absolute Gasteiger partial charge is 0.102 e. The molecule has 0 spiro atoms. The molecule has 1 atom stereocenters. The van der Waals surface area contributed by atoms with Crippen LogP contribution in [0.1, 0.15) is 13.3 Å². The summed E-state index contributed by atoms with van der Waals surface area (Å²) in [7, 11) is 3.64. The number of nitrogens with zero attached hydrogens (tertiary/aromatic N) is 4. The van der Waals surface area contributed by atoms with E-state index in [0.717, 1.165) is 0 Å². The van der Waals surface area contributed by atoms with Crippen molar-refractivity contribution in [3.05, 3.63) is 10.4 Å². The van der Waals surface area contributed by atoms with E-state index in [2.05, 4.69) is 10.0 Å². The van der Waals surface area contributed by atoms with E-state index in [1.165, 1.54) is 6.21 Å². The largest absolute Gasteiger partial charge is 0.313 e. The minimum atomic E-state index is -0.601. The van der Waals surface area contributed by atoms with Gasteiger partial charge in [0.2, 0.25) is 0 Å². The highest BCUT2D eigenvalue weighted by Gasteiger charge is 2.23. The normalized spacial score (nSPS) is 15.3. The van der Waals surface area contributed by atoms with Gasteiger partial charge in [-0.15, -0.1) is 0 Å². The van der Waals surface area contributed by atoms with Gasteiger partial charge in [-0.2, -0.15) is 0 Å². The van der Waals surface area contributed by atoms with Gasteiger partial charge >= 0.3 is 0 Å². The number of rotatable bonds is 4. The standard InChI is InChI=1S/C6H13N5/c1-6(4-5-7,9-10-8)11(2)3/h5,7H,4H2,1-3H3. The van der Waals surface area contributed by atoms with Gasteiger partial charge in [-0.05, 0) is 32.8 Å². The molecule has 1 unspecified atom stereocenters. The summed E-state index contributed by atoms with van der Waals surface area (Å²) in [4.78, 5) is 4.52. The van der Waals surface area contributed by atoms with Crippen molar-refractivity contribution >= 4 is 6.21 Å². The molecule has 0 aliphatic heterocycles. The summed E-state index contributed by atoms with van der Waals surface area (Å²) >= 11 is 0. The lowest BCUT2D eigenvalue weighted by atomic mass is 10.1. The average Bonchev–Trinajstić information content (AvgIpc) is 1.88. The van der Waals surface area contributed by atoms with Crippen molar-refractivity contribution in [2.24, 2.45) is 5.11 Å². The summed E-state index contributed by atoms with van der Waals surface area (Å²) in [6.07, 6.45) is 1.68. The highest BCUT2D eigenvalue weighted by molar-refractivity contribution is 5.54. The Labute approximate surface area is 66.1 Å². The minimum Gasteiger partial charge on any atom is -0.313 e. The lowest BCUT2D eigenvalue weighted by molar-refractivity contribution is 0.190. The number of nitrogens with one attached hydrogen (secondary N) is 1. The summed E-state index contributed by atoms with van der Waals surface area (Å²) < 4.78 is 0. The van der Waals surface area contributed by atoms with E-state index in [4.69, 9.17) is 10.9 Å². The molecule has 0 aromatic carbocycles. The van der Waals surface area contributed by atoms with E-state index in [0.29, 0.717) is 6.42 Å². The SMILES string of the molecule is CN(C)C(C)(CC=N)N=[N+]=[N-]. The van der Waals surface area contributed by atoms with Crippen LogP contribution in [0, 0.1) is 5.41 Å². The molecule has 0 rings (SSSR count). The zero-order valence-corrected chi connectivity index (χ0v) is 7.07. The molecule has 0 aromatic rings. The van der Waals surface area contributed by atoms with Crippen LogP contribution in [-0.4, -0.2) is 30.9 Å². The number of hydrogen-bond donors (Lipinski definition) is 1. The Hall–Kier alpha value is -1.06. The molecule has 0 bridgehead atoms. The molecule has 62 valence electrons. The highest BCUT2D eigenvalue weighted by atomic mass is 15.3. The van der Waals surface area contributed by atoms with E-state index < -0.39 is 5.66 Å². The first kappa shape index (κ1) is 9.94. The van der Waals surface area contributed by atoms with E-state index in [1.54, 1.807) is 11.8 Å². The van der Waals surface area contributed by atoms with Gasteiger partial charge in [0.25, 0.3) is 0 Å². The maximum atomic E-state index is 8.23. The average molecular weight is 155 g/mol. The fourth-order valence-corrected chi connectivity index (χ4v) is 0.603. The monoisotopic (exact) mass is 155 g/mol. The Kier molecular flexibility index (Phi) is 3.57. The molecule has 0 aliphatic rings. The molecule has 0 radical (unpaired) electrons. The van der Waals surface area contributed by atoms with E-state index in [9.17, 15) is 0 Å². The minimum absolute atomic E-state index is 0.435. The summed E-state index contributed by atoms with van der Waals surface area (Å²) in [5.41, 5.74) is 7.63. The summed E-state index contributed by atoms with van der Waals surface area (Å²) in [5, 5.41) is 10.5. The molecular weight excluding hydrogens is 142 g/mol. The van der Waals surface area contributed by atoms with Gasteiger partial charge in [0.1, 0.15) is 5.66 Å². The van der Waals surface area contributed by atoms with Gasteiger partial charge in [-0.1, -0.05) is 5.11 Å². The topological polar surface area (TPSA) is 75.9 Å². The molecule has 1 N–H and O–H groups in total. The van der Waals surface area contributed by atoms with Crippen molar-refractivity contribution in [2.75, 3.05) is 14.1 Å². The second-order valence-electron chi connectivity index (χ2n) is 2.71. The fraction of sp³-hybridized carbons (Fsp3) is 0.833. The number of azide groups is 1. The van der Waals surface area contributed by atoms with Crippen LogP contribution in [0.3, 0.4) is 0 Å². The van der Waals surface area contributed by atoms with Crippen LogP contribution >= 0.6 is 0 Å². The molecule has 5 nitrogen and oxygen atoms in total. The van der Waals surface area contributed by atoms with Gasteiger partial charge in [0.05, 0.1) is 0 Å².